The molecule has 0 aliphatic heterocycles. The Labute approximate surface area is 209 Å². The van der Waals surface area contributed by atoms with Gasteiger partial charge in [0.15, 0.2) is 5.25 Å². The predicted octanol–water partition coefficient (Wildman–Crippen LogP) is 3.15. The molecule has 2 N–H and O–H groups in total. The molecule has 0 radical (unpaired) electrons. The zero-order valence-corrected chi connectivity index (χ0v) is 19.2. The van der Waals surface area contributed by atoms with Crippen molar-refractivity contribution in [3.8, 4) is 0 Å². The minimum absolute atomic E-state index is 0. The Morgan fingerprint density at radius 3 is 1.68 bits per heavy atom. The molecular formula is C21H41NaO8S. The molecule has 0 saturated heterocycles. The van der Waals surface area contributed by atoms with Crippen LogP contribution in [0, 0.1) is 0 Å². The van der Waals surface area contributed by atoms with Crippen LogP contribution in [0.5, 0.6) is 0 Å². The third kappa shape index (κ3) is 20.2. The molecule has 0 amide bonds. The van der Waals surface area contributed by atoms with Gasteiger partial charge in [0.1, 0.15) is 0 Å². The van der Waals surface area contributed by atoms with Crippen LogP contribution in [0.4, 0.5) is 0 Å². The summed E-state index contributed by atoms with van der Waals surface area (Å²) in [5.74, 6) is -2.10. The summed E-state index contributed by atoms with van der Waals surface area (Å²) in [5, 5.41) is 6.63. The van der Waals surface area contributed by atoms with Gasteiger partial charge in [-0.25, -0.2) is 0 Å². The number of rotatable bonds is 20. The molecule has 0 aromatic heterocycles. The van der Waals surface area contributed by atoms with Crippen LogP contribution in [0.2, 0.25) is 0 Å². The monoisotopic (exact) mass is 476 g/mol. The van der Waals surface area contributed by atoms with Crippen molar-refractivity contribution in [2.45, 2.75) is 102 Å². The fourth-order valence-electron chi connectivity index (χ4n) is 2.98. The maximum absolute atomic E-state index is 11.8. The van der Waals surface area contributed by atoms with Gasteiger partial charge in [0.25, 0.3) is 10.1 Å². The van der Waals surface area contributed by atoms with E-state index in [1.165, 1.54) is 51.4 Å². The van der Waals surface area contributed by atoms with Crippen LogP contribution in [-0.2, 0) is 29.2 Å². The van der Waals surface area contributed by atoms with Crippen LogP contribution in [0.25, 0.3) is 0 Å². The Kier molecular flexibility index (Phi) is 23.0. The van der Waals surface area contributed by atoms with Gasteiger partial charge < -0.3 is 14.6 Å². The fraction of sp³-hybridized carbons (Fsp3) is 0.905. The number of carbonyl (C=O) groups excluding carboxylic acids is 2. The van der Waals surface area contributed by atoms with Crippen molar-refractivity contribution in [3.63, 3.8) is 0 Å². The summed E-state index contributed by atoms with van der Waals surface area (Å²) < 4.78 is 41.4. The molecule has 0 heterocycles. The molecular weight excluding hydrogens is 435 g/mol. The Hall–Kier alpha value is -0.190. The summed E-state index contributed by atoms with van der Waals surface area (Å²) in [6.07, 6.45) is 13.5. The van der Waals surface area contributed by atoms with E-state index in [2.05, 4.69) is 11.7 Å². The van der Waals surface area contributed by atoms with Crippen molar-refractivity contribution in [1.29, 1.82) is 0 Å². The van der Waals surface area contributed by atoms with Crippen molar-refractivity contribution in [2.75, 3.05) is 19.8 Å². The number of aliphatic hydroxyl groups is 1. The summed E-state index contributed by atoms with van der Waals surface area (Å²) in [6.45, 7) is 1.93. The van der Waals surface area contributed by atoms with Gasteiger partial charge in [-0.2, -0.15) is 8.42 Å². The molecule has 0 fully saturated rings. The third-order valence-corrected chi connectivity index (χ3v) is 5.86. The number of ether oxygens (including phenoxy) is 2. The van der Waals surface area contributed by atoms with Crippen molar-refractivity contribution < 1.29 is 37.1 Å². The Morgan fingerprint density at radius 1 is 0.774 bits per heavy atom. The topological polar surface area (TPSA) is 127 Å². The van der Waals surface area contributed by atoms with E-state index in [9.17, 15) is 18.0 Å². The van der Waals surface area contributed by atoms with Crippen LogP contribution in [0.1, 0.15) is 96.8 Å². The fourth-order valence-corrected chi connectivity index (χ4v) is 3.64. The molecule has 1 unspecified atom stereocenters. The molecule has 0 aliphatic rings. The second-order valence-corrected chi connectivity index (χ2v) is 9.16. The van der Waals surface area contributed by atoms with Gasteiger partial charge >= 0.3 is 41.5 Å². The number of hydrogen-bond donors (Lipinski definition) is 2. The van der Waals surface area contributed by atoms with Gasteiger partial charge in [-0.05, 0) is 6.42 Å². The standard InChI is InChI=1S/C21H40O8S.Na.H/c1-2-3-4-5-6-7-8-9-10-11-12-13-16-28-20(23)18-19(30(25,26)27)21(24)29-17-14-15-22;;/h19,22H,2-18H2,1H3,(H,25,26,27);;. The second kappa shape index (κ2) is 21.6. The number of hydrogen-bond acceptors (Lipinski definition) is 7. The zero-order valence-electron chi connectivity index (χ0n) is 18.4. The molecule has 0 spiro atoms. The molecule has 10 heteroatoms. The molecule has 8 nitrogen and oxygen atoms in total. The Balaban J connectivity index is 0. The first-order valence-corrected chi connectivity index (χ1v) is 12.7. The van der Waals surface area contributed by atoms with Crippen LogP contribution >= 0.6 is 0 Å². The van der Waals surface area contributed by atoms with E-state index in [-0.39, 0.29) is 55.8 Å². The van der Waals surface area contributed by atoms with E-state index >= 15 is 0 Å². The molecule has 31 heavy (non-hydrogen) atoms. The normalized spacial score (nSPS) is 12.1. The molecule has 0 rings (SSSR count). The van der Waals surface area contributed by atoms with E-state index in [1.807, 2.05) is 0 Å². The number of carbonyl (C=O) groups is 2. The predicted molar refractivity (Wildman–Crippen MR) is 122 cm³/mol. The van der Waals surface area contributed by atoms with E-state index in [0.717, 1.165) is 19.3 Å². The van der Waals surface area contributed by atoms with Crippen LogP contribution in [-0.4, -0.2) is 84.6 Å². The molecule has 0 saturated carbocycles. The first-order valence-electron chi connectivity index (χ1n) is 11.2. The summed E-state index contributed by atoms with van der Waals surface area (Å²) in [4.78, 5) is 23.5. The van der Waals surface area contributed by atoms with Gasteiger partial charge in [-0.1, -0.05) is 77.6 Å². The molecule has 1 atom stereocenters. The average molecular weight is 477 g/mol. The Bertz CT molecular complexity index is 554. The molecule has 0 aromatic rings. The molecule has 180 valence electrons. The van der Waals surface area contributed by atoms with Gasteiger partial charge in [0.05, 0.1) is 19.6 Å². The summed E-state index contributed by atoms with van der Waals surface area (Å²) in [5.41, 5.74) is 0. The quantitative estimate of drug-likeness (QED) is 0.119. The first-order chi connectivity index (χ1) is 14.3. The zero-order chi connectivity index (χ0) is 22.7. The summed E-state index contributed by atoms with van der Waals surface area (Å²) in [7, 11) is -4.79. The molecule has 0 aromatic carbocycles. The summed E-state index contributed by atoms with van der Waals surface area (Å²) >= 11 is 0. The van der Waals surface area contributed by atoms with Gasteiger partial charge in [0.2, 0.25) is 0 Å². The van der Waals surface area contributed by atoms with Crippen molar-refractivity contribution in [3.05, 3.63) is 0 Å². The average Bonchev–Trinajstić information content (AvgIpc) is 2.69. The van der Waals surface area contributed by atoms with Gasteiger partial charge in [0, 0.05) is 13.0 Å². The minimum atomic E-state index is -4.79. The van der Waals surface area contributed by atoms with E-state index < -0.39 is 33.7 Å². The van der Waals surface area contributed by atoms with Crippen molar-refractivity contribution in [2.24, 2.45) is 0 Å². The van der Waals surface area contributed by atoms with Gasteiger partial charge in [-0.3, -0.25) is 14.1 Å². The maximum atomic E-state index is 11.8. The number of aliphatic hydroxyl groups excluding tert-OH is 1. The van der Waals surface area contributed by atoms with E-state index in [0.29, 0.717) is 6.42 Å². The van der Waals surface area contributed by atoms with Crippen LogP contribution in [0.3, 0.4) is 0 Å². The number of unbranched alkanes of at least 4 members (excludes halogenated alkanes) is 11. The van der Waals surface area contributed by atoms with E-state index in [1.54, 1.807) is 0 Å². The van der Waals surface area contributed by atoms with Crippen molar-refractivity contribution in [1.82, 2.24) is 0 Å². The van der Waals surface area contributed by atoms with Crippen LogP contribution < -0.4 is 0 Å². The Morgan fingerprint density at radius 2 is 1.23 bits per heavy atom. The van der Waals surface area contributed by atoms with E-state index in [4.69, 9.17) is 14.4 Å². The molecule has 0 aliphatic carbocycles. The van der Waals surface area contributed by atoms with Crippen LogP contribution in [0.15, 0.2) is 0 Å². The first kappa shape index (κ1) is 33.0. The third-order valence-electron chi connectivity index (χ3n) is 4.78. The summed E-state index contributed by atoms with van der Waals surface area (Å²) in [6, 6.07) is 0. The SMILES string of the molecule is CCCCCCCCCCCCCCOC(=O)CC(C(=O)OCCCO)S(=O)(=O)O.[NaH]. The molecule has 0 bridgehead atoms. The second-order valence-electron chi connectivity index (χ2n) is 7.56. The van der Waals surface area contributed by atoms with Crippen molar-refractivity contribution >= 4 is 51.6 Å². The number of esters is 2. The van der Waals surface area contributed by atoms with Gasteiger partial charge in [-0.15, -0.1) is 0 Å².